The van der Waals surface area contributed by atoms with Crippen LogP contribution >= 0.6 is 0 Å². The Kier molecular flexibility index (Phi) is 5.15. The number of carboxylic acid groups (broad SMARTS) is 1. The van der Waals surface area contributed by atoms with Crippen molar-refractivity contribution in [3.63, 3.8) is 0 Å². The van der Waals surface area contributed by atoms with Crippen molar-refractivity contribution >= 4 is 11.9 Å². The molecule has 0 aromatic carbocycles. The van der Waals surface area contributed by atoms with Gasteiger partial charge in [-0.2, -0.15) is 0 Å². The number of morpholine rings is 1. The monoisotopic (exact) mass is 271 g/mol. The predicted molar refractivity (Wildman–Crippen MR) is 66.7 cm³/mol. The summed E-state index contributed by atoms with van der Waals surface area (Å²) in [6.45, 7) is 2.76. The SMILES string of the molecule is O=C(O)C[C@H]1COCCN1C(=O)CC1CCOCC1. The number of nitrogens with zero attached hydrogens (tertiary/aromatic N) is 1. The lowest BCUT2D eigenvalue weighted by Gasteiger charge is -2.36. The van der Waals surface area contributed by atoms with E-state index < -0.39 is 5.97 Å². The molecule has 0 aliphatic carbocycles. The largest absolute Gasteiger partial charge is 0.481 e. The van der Waals surface area contributed by atoms with Gasteiger partial charge in [-0.25, -0.2) is 0 Å². The van der Waals surface area contributed by atoms with E-state index in [4.69, 9.17) is 14.6 Å². The van der Waals surface area contributed by atoms with E-state index in [1.807, 2.05) is 0 Å². The number of carboxylic acids is 1. The van der Waals surface area contributed by atoms with Crippen molar-refractivity contribution in [3.05, 3.63) is 0 Å². The second-order valence-electron chi connectivity index (χ2n) is 5.17. The average Bonchev–Trinajstić information content (AvgIpc) is 2.39. The molecule has 1 atom stereocenters. The molecule has 19 heavy (non-hydrogen) atoms. The van der Waals surface area contributed by atoms with Crippen LogP contribution in [0.15, 0.2) is 0 Å². The van der Waals surface area contributed by atoms with Crippen molar-refractivity contribution in [2.45, 2.75) is 31.7 Å². The van der Waals surface area contributed by atoms with Crippen LogP contribution in [-0.4, -0.2) is 60.9 Å². The van der Waals surface area contributed by atoms with Crippen molar-refractivity contribution in [2.24, 2.45) is 5.92 Å². The molecule has 108 valence electrons. The molecule has 1 N–H and O–H groups in total. The van der Waals surface area contributed by atoms with Gasteiger partial charge in [-0.15, -0.1) is 0 Å². The second kappa shape index (κ2) is 6.86. The predicted octanol–water partition coefficient (Wildman–Crippen LogP) is 0.505. The van der Waals surface area contributed by atoms with Gasteiger partial charge >= 0.3 is 5.97 Å². The standard InChI is InChI=1S/C13H21NO5/c15-12(7-10-1-4-18-5-2-10)14-3-6-19-9-11(14)8-13(16)17/h10-11H,1-9H2,(H,16,17)/t11-/m0/s1. The van der Waals surface area contributed by atoms with Crippen LogP contribution in [0, 0.1) is 5.92 Å². The Morgan fingerprint density at radius 1 is 1.11 bits per heavy atom. The van der Waals surface area contributed by atoms with E-state index in [1.54, 1.807) is 4.90 Å². The van der Waals surface area contributed by atoms with Crippen LogP contribution in [0.1, 0.15) is 25.7 Å². The van der Waals surface area contributed by atoms with Crippen LogP contribution < -0.4 is 0 Å². The molecule has 0 radical (unpaired) electrons. The summed E-state index contributed by atoms with van der Waals surface area (Å²) in [5.74, 6) is -0.463. The Hall–Kier alpha value is -1.14. The first kappa shape index (κ1) is 14.3. The number of ether oxygens (including phenoxy) is 2. The fourth-order valence-electron chi connectivity index (χ4n) is 2.67. The van der Waals surface area contributed by atoms with E-state index in [0.717, 1.165) is 26.1 Å². The molecule has 1 amide bonds. The molecule has 6 nitrogen and oxygen atoms in total. The van der Waals surface area contributed by atoms with Crippen LogP contribution in [0.5, 0.6) is 0 Å². The summed E-state index contributed by atoms with van der Waals surface area (Å²) in [5, 5.41) is 8.88. The van der Waals surface area contributed by atoms with Crippen LogP contribution in [0.25, 0.3) is 0 Å². The van der Waals surface area contributed by atoms with Gasteiger partial charge in [-0.1, -0.05) is 0 Å². The third-order valence-electron chi connectivity index (χ3n) is 3.76. The Bertz CT molecular complexity index is 327. The highest BCUT2D eigenvalue weighted by atomic mass is 16.5. The van der Waals surface area contributed by atoms with Gasteiger partial charge in [-0.05, 0) is 18.8 Å². The molecule has 0 spiro atoms. The average molecular weight is 271 g/mol. The second-order valence-corrected chi connectivity index (χ2v) is 5.17. The molecule has 0 aromatic rings. The van der Waals surface area contributed by atoms with E-state index in [2.05, 4.69) is 0 Å². The molecule has 0 aromatic heterocycles. The van der Waals surface area contributed by atoms with E-state index in [-0.39, 0.29) is 18.4 Å². The van der Waals surface area contributed by atoms with E-state index in [0.29, 0.717) is 32.1 Å². The highest BCUT2D eigenvalue weighted by Crippen LogP contribution is 2.21. The van der Waals surface area contributed by atoms with Crippen LogP contribution in [0.4, 0.5) is 0 Å². The number of carbonyl (C=O) groups excluding carboxylic acids is 1. The van der Waals surface area contributed by atoms with Gasteiger partial charge in [0, 0.05) is 26.2 Å². The molecule has 2 aliphatic rings. The number of aliphatic carboxylic acids is 1. The van der Waals surface area contributed by atoms with E-state index in [1.165, 1.54) is 0 Å². The zero-order valence-corrected chi connectivity index (χ0v) is 11.0. The highest BCUT2D eigenvalue weighted by molar-refractivity contribution is 5.78. The summed E-state index contributed by atoms with van der Waals surface area (Å²) in [7, 11) is 0. The van der Waals surface area contributed by atoms with Gasteiger partial charge < -0.3 is 19.5 Å². The number of rotatable bonds is 4. The van der Waals surface area contributed by atoms with Gasteiger partial charge in [0.05, 0.1) is 25.7 Å². The first-order chi connectivity index (χ1) is 9.16. The van der Waals surface area contributed by atoms with Gasteiger partial charge in [0.15, 0.2) is 0 Å². The minimum absolute atomic E-state index is 0.0421. The molecule has 0 bridgehead atoms. The topological polar surface area (TPSA) is 76.1 Å². The first-order valence-corrected chi connectivity index (χ1v) is 6.83. The molecule has 2 fully saturated rings. The maximum Gasteiger partial charge on any atom is 0.305 e. The third-order valence-corrected chi connectivity index (χ3v) is 3.76. The summed E-state index contributed by atoms with van der Waals surface area (Å²) in [6.07, 6.45) is 2.29. The van der Waals surface area contributed by atoms with Crippen LogP contribution in [-0.2, 0) is 19.1 Å². The zero-order chi connectivity index (χ0) is 13.7. The fraction of sp³-hybridized carbons (Fsp3) is 0.846. The van der Waals surface area contributed by atoms with Crippen molar-refractivity contribution in [1.29, 1.82) is 0 Å². The molecule has 2 saturated heterocycles. The van der Waals surface area contributed by atoms with Gasteiger partial charge in [0.2, 0.25) is 5.91 Å². The normalized spacial score (nSPS) is 25.3. The third kappa shape index (κ3) is 4.18. The lowest BCUT2D eigenvalue weighted by molar-refractivity contribution is -0.147. The molecular weight excluding hydrogens is 250 g/mol. The Labute approximate surface area is 112 Å². The molecule has 2 heterocycles. The number of hydrogen-bond donors (Lipinski definition) is 1. The zero-order valence-electron chi connectivity index (χ0n) is 11.0. The highest BCUT2D eigenvalue weighted by Gasteiger charge is 2.30. The molecular formula is C13H21NO5. The Morgan fingerprint density at radius 3 is 2.53 bits per heavy atom. The molecule has 2 aliphatic heterocycles. The maximum absolute atomic E-state index is 12.3. The Morgan fingerprint density at radius 2 is 1.84 bits per heavy atom. The van der Waals surface area contributed by atoms with Crippen LogP contribution in [0.2, 0.25) is 0 Å². The summed E-state index contributed by atoms with van der Waals surface area (Å²) in [4.78, 5) is 24.8. The number of hydrogen-bond acceptors (Lipinski definition) is 4. The lowest BCUT2D eigenvalue weighted by atomic mass is 9.95. The van der Waals surface area contributed by atoms with E-state index in [9.17, 15) is 9.59 Å². The number of amides is 1. The molecule has 6 heteroatoms. The van der Waals surface area contributed by atoms with Gasteiger partial charge in [0.1, 0.15) is 0 Å². The summed E-state index contributed by atoms with van der Waals surface area (Å²) >= 11 is 0. The van der Waals surface area contributed by atoms with Crippen molar-refractivity contribution < 1.29 is 24.2 Å². The van der Waals surface area contributed by atoms with Crippen molar-refractivity contribution in [2.75, 3.05) is 33.0 Å². The minimum Gasteiger partial charge on any atom is -0.481 e. The summed E-state index contributed by atoms with van der Waals surface area (Å²) in [5.41, 5.74) is 0. The molecule has 0 unspecified atom stereocenters. The van der Waals surface area contributed by atoms with Crippen molar-refractivity contribution in [3.8, 4) is 0 Å². The maximum atomic E-state index is 12.3. The molecule has 2 rings (SSSR count). The lowest BCUT2D eigenvalue weighted by Crippen LogP contribution is -2.50. The van der Waals surface area contributed by atoms with Gasteiger partial charge in [-0.3, -0.25) is 9.59 Å². The first-order valence-electron chi connectivity index (χ1n) is 6.83. The smallest absolute Gasteiger partial charge is 0.305 e. The quantitative estimate of drug-likeness (QED) is 0.806. The van der Waals surface area contributed by atoms with Crippen LogP contribution in [0.3, 0.4) is 0 Å². The summed E-state index contributed by atoms with van der Waals surface area (Å²) < 4.78 is 10.6. The number of carbonyl (C=O) groups is 2. The minimum atomic E-state index is -0.889. The summed E-state index contributed by atoms with van der Waals surface area (Å²) in [6, 6.07) is -0.321. The van der Waals surface area contributed by atoms with E-state index >= 15 is 0 Å². The fourth-order valence-corrected chi connectivity index (χ4v) is 2.67. The Balaban J connectivity index is 1.88. The molecule has 0 saturated carbocycles. The van der Waals surface area contributed by atoms with Crippen molar-refractivity contribution in [1.82, 2.24) is 4.90 Å². The van der Waals surface area contributed by atoms with Gasteiger partial charge in [0.25, 0.3) is 0 Å².